The Morgan fingerprint density at radius 1 is 1.00 bits per heavy atom. The van der Waals surface area contributed by atoms with Crippen molar-refractivity contribution >= 4 is 56.0 Å². The maximum Gasteiger partial charge on any atom is 0.282 e. The lowest BCUT2D eigenvalue weighted by Crippen LogP contribution is -2.32. The summed E-state index contributed by atoms with van der Waals surface area (Å²) in [4.78, 5) is 28.4. The van der Waals surface area contributed by atoms with Gasteiger partial charge >= 0.3 is 0 Å². The number of halogens is 1. The van der Waals surface area contributed by atoms with Gasteiger partial charge in [-0.2, -0.15) is 0 Å². The fourth-order valence-corrected chi connectivity index (χ4v) is 4.10. The predicted octanol–water partition coefficient (Wildman–Crippen LogP) is 5.31. The number of carbonyl (C=O) groups excluding carboxylic acids is 2. The van der Waals surface area contributed by atoms with Gasteiger partial charge in [-0.3, -0.25) is 9.59 Å². The van der Waals surface area contributed by atoms with E-state index in [0.29, 0.717) is 23.6 Å². The number of imide groups is 1. The van der Waals surface area contributed by atoms with Crippen LogP contribution in [0.5, 0.6) is 5.75 Å². The van der Waals surface area contributed by atoms with Gasteiger partial charge in [0.1, 0.15) is 11.4 Å². The highest BCUT2D eigenvalue weighted by molar-refractivity contribution is 9.10. The number of ether oxygens (including phenoxy) is 1. The number of nitrogens with zero attached hydrogens (tertiary/aromatic N) is 1. The van der Waals surface area contributed by atoms with E-state index in [9.17, 15) is 9.59 Å². The van der Waals surface area contributed by atoms with Crippen LogP contribution in [0.3, 0.4) is 0 Å². The fourth-order valence-electron chi connectivity index (χ4n) is 3.07. The maximum absolute atomic E-state index is 13.2. The molecular weight excluding hydrogens is 452 g/mol. The molecule has 5 nitrogen and oxygen atoms in total. The van der Waals surface area contributed by atoms with E-state index in [2.05, 4.69) is 21.2 Å². The number of benzene rings is 2. The van der Waals surface area contributed by atoms with E-state index in [1.807, 2.05) is 48.7 Å². The summed E-state index contributed by atoms with van der Waals surface area (Å²) in [6, 6.07) is 18.1. The molecule has 3 aromatic rings. The van der Waals surface area contributed by atoms with Gasteiger partial charge in [0.15, 0.2) is 0 Å². The molecule has 0 saturated carbocycles. The average molecular weight is 469 g/mol. The zero-order valence-corrected chi connectivity index (χ0v) is 17.9. The minimum absolute atomic E-state index is 0.268. The summed E-state index contributed by atoms with van der Waals surface area (Å²) in [5.41, 5.74) is 1.88. The van der Waals surface area contributed by atoms with Crippen LogP contribution in [0.15, 0.2) is 76.2 Å². The first kappa shape index (κ1) is 19.4. The highest BCUT2D eigenvalue weighted by Crippen LogP contribution is 2.36. The monoisotopic (exact) mass is 468 g/mol. The van der Waals surface area contributed by atoms with E-state index in [-0.39, 0.29) is 17.5 Å². The maximum atomic E-state index is 13.2. The zero-order chi connectivity index (χ0) is 20.4. The van der Waals surface area contributed by atoms with Gasteiger partial charge in [-0.1, -0.05) is 22.0 Å². The van der Waals surface area contributed by atoms with E-state index in [1.165, 1.54) is 16.2 Å². The second-order valence-corrected chi connectivity index (χ2v) is 8.10. The molecular formula is C22H17BrN2O3S. The molecule has 4 rings (SSSR count). The summed E-state index contributed by atoms with van der Waals surface area (Å²) in [5.74, 6) is 0.0265. The van der Waals surface area contributed by atoms with Gasteiger partial charge in [-0.15, -0.1) is 11.3 Å². The largest absolute Gasteiger partial charge is 0.494 e. The molecule has 1 N–H and O–H groups in total. The van der Waals surface area contributed by atoms with Crippen LogP contribution in [0, 0.1) is 0 Å². The summed E-state index contributed by atoms with van der Waals surface area (Å²) in [6.07, 6.45) is 0. The van der Waals surface area contributed by atoms with Gasteiger partial charge in [0, 0.05) is 15.0 Å². The highest BCUT2D eigenvalue weighted by Gasteiger charge is 2.40. The second-order valence-electron chi connectivity index (χ2n) is 6.23. The molecule has 2 aromatic carbocycles. The van der Waals surface area contributed by atoms with Crippen molar-refractivity contribution in [2.45, 2.75) is 6.92 Å². The highest BCUT2D eigenvalue weighted by atomic mass is 79.9. The number of rotatable bonds is 6. The molecule has 146 valence electrons. The first-order valence-electron chi connectivity index (χ1n) is 9.01. The first-order chi connectivity index (χ1) is 14.1. The van der Waals surface area contributed by atoms with Crippen LogP contribution in [0.4, 0.5) is 11.4 Å². The lowest BCUT2D eigenvalue weighted by Gasteiger charge is -2.15. The van der Waals surface area contributed by atoms with E-state index in [4.69, 9.17) is 4.74 Å². The smallest absolute Gasteiger partial charge is 0.282 e. The van der Waals surface area contributed by atoms with Crippen LogP contribution in [-0.4, -0.2) is 18.4 Å². The number of amides is 2. The van der Waals surface area contributed by atoms with Crippen molar-refractivity contribution in [3.05, 3.63) is 81.1 Å². The molecule has 0 atom stereocenters. The topological polar surface area (TPSA) is 58.6 Å². The fraction of sp³-hybridized carbons (Fsp3) is 0.0909. The first-order valence-corrected chi connectivity index (χ1v) is 10.7. The molecule has 2 amide bonds. The molecule has 2 heterocycles. The quantitative estimate of drug-likeness (QED) is 0.498. The number of anilines is 2. The molecule has 0 aliphatic carbocycles. The van der Waals surface area contributed by atoms with Crippen molar-refractivity contribution in [3.63, 3.8) is 0 Å². The molecule has 0 radical (unpaired) electrons. The minimum Gasteiger partial charge on any atom is -0.494 e. The minimum atomic E-state index is -0.380. The van der Waals surface area contributed by atoms with Crippen molar-refractivity contribution in [1.29, 1.82) is 0 Å². The van der Waals surface area contributed by atoms with Crippen LogP contribution < -0.4 is 15.0 Å². The van der Waals surface area contributed by atoms with Crippen molar-refractivity contribution in [2.24, 2.45) is 0 Å². The van der Waals surface area contributed by atoms with Gasteiger partial charge in [-0.05, 0) is 66.9 Å². The van der Waals surface area contributed by atoms with E-state index >= 15 is 0 Å². The summed E-state index contributed by atoms with van der Waals surface area (Å²) < 4.78 is 6.34. The molecule has 29 heavy (non-hydrogen) atoms. The molecule has 0 saturated heterocycles. The number of carbonyl (C=O) groups is 2. The third-order valence-electron chi connectivity index (χ3n) is 4.37. The molecule has 1 aliphatic rings. The third-order valence-corrected chi connectivity index (χ3v) is 5.79. The van der Waals surface area contributed by atoms with Gasteiger partial charge in [-0.25, -0.2) is 4.90 Å². The molecule has 0 spiro atoms. The third kappa shape index (κ3) is 3.83. The summed E-state index contributed by atoms with van der Waals surface area (Å²) in [5, 5.41) is 5.04. The molecule has 0 unspecified atom stereocenters. The van der Waals surface area contributed by atoms with Crippen LogP contribution in [0.2, 0.25) is 0 Å². The van der Waals surface area contributed by atoms with Crippen molar-refractivity contribution in [1.82, 2.24) is 0 Å². The summed E-state index contributed by atoms with van der Waals surface area (Å²) >= 11 is 4.80. The Morgan fingerprint density at radius 2 is 1.72 bits per heavy atom. The lowest BCUT2D eigenvalue weighted by molar-refractivity contribution is -0.120. The van der Waals surface area contributed by atoms with E-state index < -0.39 is 0 Å². The van der Waals surface area contributed by atoms with Crippen molar-refractivity contribution < 1.29 is 14.3 Å². The predicted molar refractivity (Wildman–Crippen MR) is 119 cm³/mol. The molecule has 0 bridgehead atoms. The second kappa shape index (κ2) is 8.23. The molecule has 0 fully saturated rings. The molecule has 7 heteroatoms. The average Bonchev–Trinajstić information content (AvgIpc) is 3.32. The standard InChI is InChI=1S/C22H17BrN2O3S/c1-2-28-17-11-7-15(8-12-17)24-20-19(18-4-3-13-29-18)21(26)25(22(20)27)16-9-5-14(23)6-10-16/h3-13,24H,2H2,1H3. The SMILES string of the molecule is CCOc1ccc(NC2=C(c3cccs3)C(=O)N(c3ccc(Br)cc3)C2=O)cc1. The Hall–Kier alpha value is -2.90. The van der Waals surface area contributed by atoms with Crippen molar-refractivity contribution in [2.75, 3.05) is 16.8 Å². The van der Waals surface area contributed by atoms with Gasteiger partial charge in [0.25, 0.3) is 11.8 Å². The van der Waals surface area contributed by atoms with Gasteiger partial charge in [0.2, 0.25) is 0 Å². The van der Waals surface area contributed by atoms with Crippen molar-refractivity contribution in [3.8, 4) is 5.75 Å². The van der Waals surface area contributed by atoms with Gasteiger partial charge < -0.3 is 10.1 Å². The Balaban J connectivity index is 1.72. The van der Waals surface area contributed by atoms with E-state index in [0.717, 1.165) is 15.1 Å². The summed E-state index contributed by atoms with van der Waals surface area (Å²) in [7, 11) is 0. The number of hydrogen-bond acceptors (Lipinski definition) is 5. The van der Waals surface area contributed by atoms with E-state index in [1.54, 1.807) is 24.3 Å². The molecule has 1 aliphatic heterocycles. The summed E-state index contributed by atoms with van der Waals surface area (Å²) in [6.45, 7) is 2.50. The number of thiophene rings is 1. The number of hydrogen-bond donors (Lipinski definition) is 1. The van der Waals surface area contributed by atoms with Crippen LogP contribution in [-0.2, 0) is 9.59 Å². The van der Waals surface area contributed by atoms with Gasteiger partial charge in [0.05, 0.1) is 17.9 Å². The Bertz CT molecular complexity index is 1070. The van der Waals surface area contributed by atoms with Crippen LogP contribution in [0.25, 0.3) is 5.57 Å². The molecule has 1 aromatic heterocycles. The van der Waals surface area contributed by atoms with Crippen LogP contribution >= 0.6 is 27.3 Å². The number of nitrogens with one attached hydrogen (secondary N) is 1. The Labute approximate surface area is 180 Å². The van der Waals surface area contributed by atoms with Crippen LogP contribution in [0.1, 0.15) is 11.8 Å². The Kier molecular flexibility index (Phi) is 5.51. The Morgan fingerprint density at radius 3 is 2.34 bits per heavy atom. The lowest BCUT2D eigenvalue weighted by atomic mass is 10.2. The normalized spacial score (nSPS) is 13.9. The zero-order valence-electron chi connectivity index (χ0n) is 15.5.